The van der Waals surface area contributed by atoms with E-state index in [0.717, 1.165) is 12.1 Å². The number of benzene rings is 2. The summed E-state index contributed by atoms with van der Waals surface area (Å²) >= 11 is 7.08. The van der Waals surface area contributed by atoms with Crippen LogP contribution >= 0.6 is 22.9 Å². The van der Waals surface area contributed by atoms with Crippen LogP contribution in [0.5, 0.6) is 0 Å². The van der Waals surface area contributed by atoms with Crippen LogP contribution in [0.3, 0.4) is 0 Å². The monoisotopic (exact) mass is 414 g/mol. The molecule has 2 aromatic carbocycles. The molecule has 0 atom stereocenters. The van der Waals surface area contributed by atoms with E-state index < -0.39 is 6.03 Å². The second-order valence-electron chi connectivity index (χ2n) is 6.01. The lowest BCUT2D eigenvalue weighted by molar-refractivity contribution is -0.115. The fourth-order valence-electron chi connectivity index (χ4n) is 2.43. The summed E-state index contributed by atoms with van der Waals surface area (Å²) < 4.78 is 0. The molecular weight excluding hydrogens is 396 g/mol. The first-order valence-corrected chi connectivity index (χ1v) is 9.94. The lowest BCUT2D eigenvalue weighted by atomic mass is 10.1. The van der Waals surface area contributed by atoms with Gasteiger partial charge in [0.05, 0.1) is 12.1 Å². The number of amides is 3. The fraction of sp³-hybridized carbons (Fsp3) is 0.150. The van der Waals surface area contributed by atoms with Crippen LogP contribution in [0.4, 0.5) is 21.3 Å². The maximum Gasteiger partial charge on any atom is 0.325 e. The molecule has 0 spiro atoms. The normalized spacial score (nSPS) is 10.4. The number of carbonyl (C=O) groups excluding carboxylic acids is 2. The van der Waals surface area contributed by atoms with Gasteiger partial charge in [-0.15, -0.1) is 11.3 Å². The Bertz CT molecular complexity index is 955. The van der Waals surface area contributed by atoms with Gasteiger partial charge in [-0.2, -0.15) is 0 Å². The van der Waals surface area contributed by atoms with E-state index >= 15 is 0 Å². The molecule has 0 radical (unpaired) electrons. The van der Waals surface area contributed by atoms with Gasteiger partial charge in [-0.05, 0) is 48.4 Å². The summed E-state index contributed by atoms with van der Waals surface area (Å²) in [7, 11) is 0. The SMILES string of the molecule is CCc1ccc(NC(=O)Cc2csc(NC(=O)Nc3ccc(Cl)cc3)n2)cc1. The lowest BCUT2D eigenvalue weighted by Crippen LogP contribution is -2.19. The Balaban J connectivity index is 1.50. The molecule has 0 saturated carbocycles. The van der Waals surface area contributed by atoms with E-state index in [-0.39, 0.29) is 12.3 Å². The van der Waals surface area contributed by atoms with Crippen molar-refractivity contribution in [1.82, 2.24) is 4.98 Å². The number of rotatable bonds is 6. The van der Waals surface area contributed by atoms with Crippen molar-refractivity contribution in [2.75, 3.05) is 16.0 Å². The van der Waals surface area contributed by atoms with Crippen LogP contribution in [0.1, 0.15) is 18.2 Å². The molecule has 8 heteroatoms. The number of nitrogens with zero attached hydrogens (tertiary/aromatic N) is 1. The average molecular weight is 415 g/mol. The second kappa shape index (κ2) is 9.34. The highest BCUT2D eigenvalue weighted by Crippen LogP contribution is 2.18. The Hall–Kier alpha value is -2.90. The predicted octanol–water partition coefficient (Wildman–Crippen LogP) is 5.18. The molecule has 3 aromatic rings. The topological polar surface area (TPSA) is 83.1 Å². The van der Waals surface area contributed by atoms with Gasteiger partial charge in [0.1, 0.15) is 0 Å². The van der Waals surface area contributed by atoms with Gasteiger partial charge in [0, 0.05) is 21.8 Å². The van der Waals surface area contributed by atoms with Crippen LogP contribution in [0.2, 0.25) is 5.02 Å². The minimum Gasteiger partial charge on any atom is -0.326 e. The van der Waals surface area contributed by atoms with Crippen molar-refractivity contribution in [3.05, 3.63) is 70.2 Å². The largest absolute Gasteiger partial charge is 0.326 e. The molecular formula is C20H19ClN4O2S. The summed E-state index contributed by atoms with van der Waals surface area (Å²) in [4.78, 5) is 28.5. The third-order valence-electron chi connectivity index (χ3n) is 3.86. The summed E-state index contributed by atoms with van der Waals surface area (Å²) in [6.07, 6.45) is 1.08. The number of aryl methyl sites for hydroxylation is 1. The number of hydrogen-bond acceptors (Lipinski definition) is 4. The van der Waals surface area contributed by atoms with Crippen molar-refractivity contribution in [3.8, 4) is 0 Å². The summed E-state index contributed by atoms with van der Waals surface area (Å²) in [5.41, 5.74) is 3.17. The molecule has 28 heavy (non-hydrogen) atoms. The molecule has 3 N–H and O–H groups in total. The minimum atomic E-state index is -0.413. The highest BCUT2D eigenvalue weighted by molar-refractivity contribution is 7.14. The van der Waals surface area contributed by atoms with Gasteiger partial charge in [0.25, 0.3) is 0 Å². The van der Waals surface area contributed by atoms with Crippen molar-refractivity contribution in [3.63, 3.8) is 0 Å². The van der Waals surface area contributed by atoms with E-state index in [9.17, 15) is 9.59 Å². The van der Waals surface area contributed by atoms with Crippen LogP contribution in [-0.4, -0.2) is 16.9 Å². The standard InChI is InChI=1S/C20H19ClN4O2S/c1-2-13-3-7-15(8-4-13)22-18(26)11-17-12-28-20(24-17)25-19(27)23-16-9-5-14(21)6-10-16/h3-10,12H,2,11H2,1H3,(H,22,26)(H2,23,24,25,27). The molecule has 0 aliphatic rings. The van der Waals surface area contributed by atoms with E-state index in [4.69, 9.17) is 11.6 Å². The van der Waals surface area contributed by atoms with E-state index in [1.54, 1.807) is 29.6 Å². The predicted molar refractivity (Wildman–Crippen MR) is 114 cm³/mol. The molecule has 6 nitrogen and oxygen atoms in total. The van der Waals surface area contributed by atoms with Crippen molar-refractivity contribution < 1.29 is 9.59 Å². The number of halogens is 1. The molecule has 3 amide bonds. The van der Waals surface area contributed by atoms with Gasteiger partial charge < -0.3 is 10.6 Å². The van der Waals surface area contributed by atoms with Crippen LogP contribution in [-0.2, 0) is 17.6 Å². The van der Waals surface area contributed by atoms with Crippen molar-refractivity contribution in [2.24, 2.45) is 0 Å². The maximum absolute atomic E-state index is 12.2. The molecule has 144 valence electrons. The smallest absolute Gasteiger partial charge is 0.325 e. The Morgan fingerprint density at radius 3 is 2.29 bits per heavy atom. The second-order valence-corrected chi connectivity index (χ2v) is 7.30. The van der Waals surface area contributed by atoms with E-state index in [0.29, 0.717) is 21.5 Å². The molecule has 0 fully saturated rings. The number of hydrogen-bond donors (Lipinski definition) is 3. The Kier molecular flexibility index (Phi) is 6.62. The van der Waals surface area contributed by atoms with Crippen LogP contribution in [0.15, 0.2) is 53.9 Å². The summed E-state index contributed by atoms with van der Waals surface area (Å²) in [6.45, 7) is 2.08. The van der Waals surface area contributed by atoms with Gasteiger partial charge in [-0.3, -0.25) is 10.1 Å². The zero-order valence-corrected chi connectivity index (χ0v) is 16.7. The molecule has 0 bridgehead atoms. The summed E-state index contributed by atoms with van der Waals surface area (Å²) in [5, 5.41) is 10.9. The summed E-state index contributed by atoms with van der Waals surface area (Å²) in [5.74, 6) is -0.160. The van der Waals surface area contributed by atoms with Crippen molar-refractivity contribution >= 4 is 51.4 Å². The molecule has 3 rings (SSSR count). The first-order chi connectivity index (χ1) is 13.5. The maximum atomic E-state index is 12.2. The van der Waals surface area contributed by atoms with Crippen LogP contribution in [0.25, 0.3) is 0 Å². The Morgan fingerprint density at radius 2 is 1.61 bits per heavy atom. The van der Waals surface area contributed by atoms with E-state index in [2.05, 4.69) is 27.9 Å². The lowest BCUT2D eigenvalue weighted by Gasteiger charge is -2.05. The fourth-order valence-corrected chi connectivity index (χ4v) is 3.26. The minimum absolute atomic E-state index is 0.131. The summed E-state index contributed by atoms with van der Waals surface area (Å²) in [6, 6.07) is 14.1. The van der Waals surface area contributed by atoms with Crippen molar-refractivity contribution in [2.45, 2.75) is 19.8 Å². The van der Waals surface area contributed by atoms with E-state index in [1.807, 2.05) is 24.3 Å². The third kappa shape index (κ3) is 5.80. The number of urea groups is 1. The van der Waals surface area contributed by atoms with Gasteiger partial charge in [0.2, 0.25) is 5.91 Å². The number of carbonyl (C=O) groups is 2. The van der Waals surface area contributed by atoms with Gasteiger partial charge in [-0.1, -0.05) is 30.7 Å². The van der Waals surface area contributed by atoms with Crippen LogP contribution < -0.4 is 16.0 Å². The molecule has 1 aromatic heterocycles. The molecule has 0 saturated heterocycles. The average Bonchev–Trinajstić information content (AvgIpc) is 3.10. The number of thiazole rings is 1. The number of nitrogens with one attached hydrogen (secondary N) is 3. The van der Waals surface area contributed by atoms with Crippen molar-refractivity contribution in [1.29, 1.82) is 0 Å². The number of aromatic nitrogens is 1. The molecule has 0 unspecified atom stereocenters. The molecule has 0 aliphatic heterocycles. The first kappa shape index (κ1) is 19.9. The number of anilines is 3. The van der Waals surface area contributed by atoms with E-state index in [1.165, 1.54) is 16.9 Å². The van der Waals surface area contributed by atoms with Gasteiger partial charge in [-0.25, -0.2) is 9.78 Å². The first-order valence-electron chi connectivity index (χ1n) is 8.68. The van der Waals surface area contributed by atoms with Gasteiger partial charge in [0.15, 0.2) is 5.13 Å². The zero-order chi connectivity index (χ0) is 19.9. The highest BCUT2D eigenvalue weighted by Gasteiger charge is 2.10. The quantitative estimate of drug-likeness (QED) is 0.519. The third-order valence-corrected chi connectivity index (χ3v) is 4.92. The van der Waals surface area contributed by atoms with Crippen LogP contribution in [0, 0.1) is 0 Å². The molecule has 1 heterocycles. The highest BCUT2D eigenvalue weighted by atomic mass is 35.5. The zero-order valence-electron chi connectivity index (χ0n) is 15.2. The van der Waals surface area contributed by atoms with Gasteiger partial charge >= 0.3 is 6.03 Å². The Morgan fingerprint density at radius 1 is 0.964 bits per heavy atom. The molecule has 0 aliphatic carbocycles. The Labute approximate surface area is 172 Å².